The second-order valence-electron chi connectivity index (χ2n) is 5.22. The largest absolute Gasteiger partial charge is 0.350 e. The van der Waals surface area contributed by atoms with Crippen LogP contribution in [0, 0.1) is 13.8 Å². The van der Waals surface area contributed by atoms with E-state index >= 15 is 0 Å². The first kappa shape index (κ1) is 14.5. The third kappa shape index (κ3) is 2.81. The maximum absolute atomic E-state index is 12.2. The van der Waals surface area contributed by atoms with E-state index in [1.165, 1.54) is 6.07 Å². The van der Waals surface area contributed by atoms with Gasteiger partial charge in [-0.15, -0.1) is 0 Å². The molecule has 4 heteroatoms. The third-order valence-corrected chi connectivity index (χ3v) is 2.86. The number of aromatic nitrogens is 1. The smallest absolute Gasteiger partial charge is 0.253 e. The van der Waals surface area contributed by atoms with E-state index in [-0.39, 0.29) is 23.6 Å². The molecule has 1 rings (SSSR count). The third-order valence-electron chi connectivity index (χ3n) is 2.86. The molecule has 18 heavy (non-hydrogen) atoms. The fourth-order valence-electron chi connectivity index (χ4n) is 2.22. The van der Waals surface area contributed by atoms with E-state index in [9.17, 15) is 9.59 Å². The zero-order valence-electron chi connectivity index (χ0n) is 12.0. The molecule has 0 aliphatic carbocycles. The monoisotopic (exact) mass is 250 g/mol. The molecule has 1 heterocycles. The molecule has 0 aromatic carbocycles. The van der Waals surface area contributed by atoms with Crippen molar-refractivity contribution in [2.45, 2.75) is 53.6 Å². The highest BCUT2D eigenvalue weighted by atomic mass is 16.2. The highest BCUT2D eigenvalue weighted by Crippen LogP contribution is 2.15. The summed E-state index contributed by atoms with van der Waals surface area (Å²) in [6, 6.07) is 1.65. The molecule has 0 aliphatic rings. The van der Waals surface area contributed by atoms with E-state index in [1.54, 1.807) is 11.5 Å². The summed E-state index contributed by atoms with van der Waals surface area (Å²) in [5.74, 6) is -0.116. The number of pyridine rings is 1. The predicted octanol–water partition coefficient (Wildman–Crippen LogP) is 2.18. The predicted molar refractivity (Wildman–Crippen MR) is 73.2 cm³/mol. The van der Waals surface area contributed by atoms with Crippen molar-refractivity contribution in [3.05, 3.63) is 33.2 Å². The van der Waals surface area contributed by atoms with Crippen LogP contribution in [0.25, 0.3) is 0 Å². The Morgan fingerprint density at radius 2 is 1.78 bits per heavy atom. The summed E-state index contributed by atoms with van der Waals surface area (Å²) in [6.07, 6.45) is 0. The second-order valence-corrected chi connectivity index (χ2v) is 5.22. The van der Waals surface area contributed by atoms with E-state index in [4.69, 9.17) is 0 Å². The van der Waals surface area contributed by atoms with Crippen LogP contribution in [-0.4, -0.2) is 16.5 Å². The quantitative estimate of drug-likeness (QED) is 0.894. The zero-order chi connectivity index (χ0) is 14.0. The lowest BCUT2D eigenvalue weighted by Crippen LogP contribution is -2.34. The van der Waals surface area contributed by atoms with Crippen molar-refractivity contribution in [1.29, 1.82) is 0 Å². The van der Waals surface area contributed by atoms with Gasteiger partial charge in [0.05, 0.1) is 5.56 Å². The van der Waals surface area contributed by atoms with Crippen molar-refractivity contribution in [1.82, 2.24) is 9.88 Å². The minimum absolute atomic E-state index is 0.0451. The molecule has 0 saturated carbocycles. The minimum atomic E-state index is -0.116. The van der Waals surface area contributed by atoms with E-state index in [0.717, 1.165) is 11.3 Å². The van der Waals surface area contributed by atoms with Crippen LogP contribution < -0.4 is 10.9 Å². The topological polar surface area (TPSA) is 51.1 Å². The maximum Gasteiger partial charge on any atom is 0.253 e. The molecule has 0 radical (unpaired) electrons. The number of amides is 1. The Hall–Kier alpha value is -1.58. The van der Waals surface area contributed by atoms with Crippen LogP contribution in [-0.2, 0) is 0 Å². The molecule has 1 aromatic heterocycles. The highest BCUT2D eigenvalue weighted by Gasteiger charge is 2.18. The van der Waals surface area contributed by atoms with Crippen molar-refractivity contribution >= 4 is 5.91 Å². The van der Waals surface area contributed by atoms with E-state index in [1.807, 2.05) is 34.6 Å². The number of nitrogens with zero attached hydrogens (tertiary/aromatic N) is 1. The molecule has 0 atom stereocenters. The zero-order valence-corrected chi connectivity index (χ0v) is 12.0. The summed E-state index contributed by atoms with van der Waals surface area (Å²) in [5.41, 5.74) is 2.01. The summed E-state index contributed by atoms with van der Waals surface area (Å²) >= 11 is 0. The summed E-state index contributed by atoms with van der Waals surface area (Å²) in [4.78, 5) is 24.1. The average Bonchev–Trinajstić information content (AvgIpc) is 2.13. The summed E-state index contributed by atoms with van der Waals surface area (Å²) in [6.45, 7) is 11.3. The van der Waals surface area contributed by atoms with E-state index < -0.39 is 0 Å². The fourth-order valence-corrected chi connectivity index (χ4v) is 2.22. The molecule has 0 aliphatic heterocycles. The second kappa shape index (κ2) is 5.38. The molecule has 4 nitrogen and oxygen atoms in total. The van der Waals surface area contributed by atoms with Crippen LogP contribution in [0.3, 0.4) is 0 Å². The Balaban J connectivity index is 3.41. The van der Waals surface area contributed by atoms with Crippen LogP contribution >= 0.6 is 0 Å². The number of hydrogen-bond acceptors (Lipinski definition) is 2. The number of nitrogens with one attached hydrogen (secondary N) is 1. The number of aryl methyl sites for hydroxylation is 1. The summed E-state index contributed by atoms with van der Waals surface area (Å²) in [5, 5.41) is 2.87. The first-order chi connectivity index (χ1) is 8.25. The Labute approximate surface area is 108 Å². The van der Waals surface area contributed by atoms with E-state index in [2.05, 4.69) is 5.32 Å². The van der Waals surface area contributed by atoms with Crippen molar-refractivity contribution in [2.75, 3.05) is 0 Å². The van der Waals surface area contributed by atoms with Gasteiger partial charge in [0.1, 0.15) is 0 Å². The van der Waals surface area contributed by atoms with Crippen LogP contribution in [0.2, 0.25) is 0 Å². The molecule has 0 fully saturated rings. The van der Waals surface area contributed by atoms with Gasteiger partial charge in [-0.2, -0.15) is 0 Å². The minimum Gasteiger partial charge on any atom is -0.350 e. The van der Waals surface area contributed by atoms with Crippen LogP contribution in [0.15, 0.2) is 10.9 Å². The first-order valence-corrected chi connectivity index (χ1v) is 6.29. The molecule has 0 unspecified atom stereocenters. The van der Waals surface area contributed by atoms with Gasteiger partial charge in [-0.05, 0) is 47.1 Å². The van der Waals surface area contributed by atoms with Gasteiger partial charge in [0, 0.05) is 23.8 Å². The van der Waals surface area contributed by atoms with Gasteiger partial charge >= 0.3 is 0 Å². The van der Waals surface area contributed by atoms with Gasteiger partial charge in [0.25, 0.3) is 11.5 Å². The first-order valence-electron chi connectivity index (χ1n) is 6.29. The van der Waals surface area contributed by atoms with Crippen molar-refractivity contribution in [2.24, 2.45) is 0 Å². The van der Waals surface area contributed by atoms with Crippen molar-refractivity contribution in [3.63, 3.8) is 0 Å². The summed E-state index contributed by atoms with van der Waals surface area (Å²) in [7, 11) is 0. The molecule has 0 bridgehead atoms. The molecule has 1 amide bonds. The maximum atomic E-state index is 12.2. The van der Waals surface area contributed by atoms with Crippen molar-refractivity contribution in [3.8, 4) is 0 Å². The fraction of sp³-hybridized carbons (Fsp3) is 0.571. The van der Waals surface area contributed by atoms with Gasteiger partial charge in [0.2, 0.25) is 0 Å². The molecule has 100 valence electrons. The van der Waals surface area contributed by atoms with Gasteiger partial charge in [0.15, 0.2) is 0 Å². The molecule has 0 saturated heterocycles. The van der Waals surface area contributed by atoms with Crippen LogP contribution in [0.1, 0.15) is 55.4 Å². The van der Waals surface area contributed by atoms with Crippen LogP contribution in [0.5, 0.6) is 0 Å². The number of rotatable bonds is 3. The normalized spacial score (nSPS) is 11.1. The lowest BCUT2D eigenvalue weighted by atomic mass is 10.1. The van der Waals surface area contributed by atoms with Gasteiger partial charge < -0.3 is 9.88 Å². The highest BCUT2D eigenvalue weighted by molar-refractivity contribution is 5.96. The number of hydrogen-bond donors (Lipinski definition) is 1. The summed E-state index contributed by atoms with van der Waals surface area (Å²) < 4.78 is 1.65. The van der Waals surface area contributed by atoms with Gasteiger partial charge in [-0.25, -0.2) is 0 Å². The van der Waals surface area contributed by atoms with Gasteiger partial charge in [-0.3, -0.25) is 9.59 Å². The standard InChI is InChI=1S/C14H22N2O2/c1-8(2)15-14(18)13-10(5)7-12(17)16(9(3)4)11(13)6/h7-9H,1-6H3,(H,15,18). The Morgan fingerprint density at radius 3 is 2.22 bits per heavy atom. The average molecular weight is 250 g/mol. The lowest BCUT2D eigenvalue weighted by Gasteiger charge is -2.19. The molecular weight excluding hydrogens is 228 g/mol. The number of carbonyl (C=O) groups is 1. The number of carbonyl (C=O) groups excluding carboxylic acids is 1. The van der Waals surface area contributed by atoms with Crippen LogP contribution in [0.4, 0.5) is 0 Å². The molecule has 1 aromatic rings. The SMILES string of the molecule is Cc1cc(=O)n(C(C)C)c(C)c1C(=O)NC(C)C. The lowest BCUT2D eigenvalue weighted by molar-refractivity contribution is 0.0940. The van der Waals surface area contributed by atoms with Gasteiger partial charge in [-0.1, -0.05) is 0 Å². The Kier molecular flexibility index (Phi) is 4.33. The Bertz CT molecular complexity index is 513. The van der Waals surface area contributed by atoms with E-state index in [0.29, 0.717) is 5.56 Å². The molecule has 1 N–H and O–H groups in total. The molecule has 0 spiro atoms. The Morgan fingerprint density at radius 1 is 1.22 bits per heavy atom. The van der Waals surface area contributed by atoms with Crippen molar-refractivity contribution < 1.29 is 4.79 Å². The molecular formula is C14H22N2O2.